The van der Waals surface area contributed by atoms with Crippen molar-refractivity contribution in [3.8, 4) is 0 Å². The molecule has 1 aliphatic rings. The van der Waals surface area contributed by atoms with Gasteiger partial charge in [0.2, 0.25) is 5.91 Å². The molecule has 2 amide bonds. The van der Waals surface area contributed by atoms with E-state index in [-0.39, 0.29) is 11.8 Å². The van der Waals surface area contributed by atoms with Crippen LogP contribution in [0.15, 0.2) is 42.6 Å². The molecule has 0 spiro atoms. The SMILES string of the molecule is O=C(CCc1cncnc1)NCC=C1CCN(C(=O)c2ccns2)CC1. The van der Waals surface area contributed by atoms with Crippen LogP contribution in [0.1, 0.15) is 34.5 Å². The largest absolute Gasteiger partial charge is 0.353 e. The second kappa shape index (κ2) is 9.19. The summed E-state index contributed by atoms with van der Waals surface area (Å²) in [5, 5.41) is 2.91. The van der Waals surface area contributed by atoms with Crippen LogP contribution in [-0.4, -0.2) is 50.7 Å². The van der Waals surface area contributed by atoms with E-state index in [0.717, 1.165) is 18.4 Å². The topological polar surface area (TPSA) is 88.1 Å². The van der Waals surface area contributed by atoms with Crippen molar-refractivity contribution >= 4 is 23.3 Å². The molecule has 0 unspecified atom stereocenters. The number of aryl methyl sites for hydroxylation is 1. The Kier molecular flexibility index (Phi) is 6.43. The molecule has 0 saturated carbocycles. The van der Waals surface area contributed by atoms with Crippen LogP contribution < -0.4 is 5.32 Å². The van der Waals surface area contributed by atoms with Crippen molar-refractivity contribution in [2.75, 3.05) is 19.6 Å². The molecule has 1 N–H and O–H groups in total. The minimum Gasteiger partial charge on any atom is -0.353 e. The van der Waals surface area contributed by atoms with Crippen LogP contribution in [-0.2, 0) is 11.2 Å². The summed E-state index contributed by atoms with van der Waals surface area (Å²) in [4.78, 5) is 34.6. The summed E-state index contributed by atoms with van der Waals surface area (Å²) >= 11 is 1.23. The molecule has 2 aromatic heterocycles. The molecule has 1 saturated heterocycles. The lowest BCUT2D eigenvalue weighted by Gasteiger charge is -2.28. The Balaban J connectivity index is 1.36. The number of nitrogens with one attached hydrogen (secondary N) is 1. The summed E-state index contributed by atoms with van der Waals surface area (Å²) < 4.78 is 3.98. The molecule has 7 nitrogen and oxygen atoms in total. The molecule has 136 valence electrons. The zero-order valence-electron chi connectivity index (χ0n) is 14.4. The van der Waals surface area contributed by atoms with Gasteiger partial charge in [-0.25, -0.2) is 14.3 Å². The number of hydrogen-bond donors (Lipinski definition) is 1. The van der Waals surface area contributed by atoms with E-state index in [1.54, 1.807) is 24.7 Å². The average molecular weight is 371 g/mol. The zero-order chi connectivity index (χ0) is 18.2. The Labute approximate surface area is 156 Å². The van der Waals surface area contributed by atoms with Crippen molar-refractivity contribution in [3.63, 3.8) is 0 Å². The van der Waals surface area contributed by atoms with Gasteiger partial charge in [0.1, 0.15) is 11.2 Å². The first-order valence-corrected chi connectivity index (χ1v) is 9.38. The maximum atomic E-state index is 12.3. The van der Waals surface area contributed by atoms with E-state index in [9.17, 15) is 9.59 Å². The van der Waals surface area contributed by atoms with E-state index in [1.165, 1.54) is 23.4 Å². The molecular formula is C18H21N5O2S. The lowest BCUT2D eigenvalue weighted by molar-refractivity contribution is -0.120. The highest BCUT2D eigenvalue weighted by atomic mass is 32.1. The molecule has 0 radical (unpaired) electrons. The molecule has 0 aliphatic carbocycles. The van der Waals surface area contributed by atoms with E-state index in [1.807, 2.05) is 4.90 Å². The first kappa shape index (κ1) is 18.2. The zero-order valence-corrected chi connectivity index (χ0v) is 15.2. The van der Waals surface area contributed by atoms with Crippen molar-refractivity contribution in [2.45, 2.75) is 25.7 Å². The van der Waals surface area contributed by atoms with Crippen molar-refractivity contribution in [2.24, 2.45) is 0 Å². The van der Waals surface area contributed by atoms with Gasteiger partial charge in [-0.15, -0.1) is 0 Å². The highest BCUT2D eigenvalue weighted by Crippen LogP contribution is 2.19. The van der Waals surface area contributed by atoms with Gasteiger partial charge in [-0.3, -0.25) is 9.59 Å². The summed E-state index contributed by atoms with van der Waals surface area (Å²) in [6, 6.07) is 1.76. The minimum absolute atomic E-state index is 0.0171. The molecule has 1 aliphatic heterocycles. The van der Waals surface area contributed by atoms with Gasteiger partial charge in [0.15, 0.2) is 0 Å². The number of hydrogen-bond acceptors (Lipinski definition) is 6. The van der Waals surface area contributed by atoms with Gasteiger partial charge in [-0.2, -0.15) is 0 Å². The first-order valence-electron chi connectivity index (χ1n) is 8.61. The molecule has 2 aromatic rings. The maximum Gasteiger partial charge on any atom is 0.265 e. The molecule has 0 bridgehead atoms. The normalized spacial score (nSPS) is 14.2. The van der Waals surface area contributed by atoms with Crippen LogP contribution in [0.25, 0.3) is 0 Å². The Hall–Kier alpha value is -2.61. The highest BCUT2D eigenvalue weighted by molar-refractivity contribution is 7.08. The summed E-state index contributed by atoms with van der Waals surface area (Å²) in [7, 11) is 0. The van der Waals surface area contributed by atoms with E-state index in [2.05, 4.69) is 25.7 Å². The summed E-state index contributed by atoms with van der Waals surface area (Å²) in [5.74, 6) is 0.0771. The van der Waals surface area contributed by atoms with Crippen LogP contribution in [0.4, 0.5) is 0 Å². The lowest BCUT2D eigenvalue weighted by atomic mass is 10.0. The third-order valence-corrected chi connectivity index (χ3v) is 5.02. The predicted octanol–water partition coefficient (Wildman–Crippen LogP) is 1.84. The number of carbonyl (C=O) groups is 2. The van der Waals surface area contributed by atoms with Crippen LogP contribution in [0, 0.1) is 0 Å². The van der Waals surface area contributed by atoms with E-state index in [0.29, 0.717) is 37.4 Å². The van der Waals surface area contributed by atoms with Gasteiger partial charge in [0, 0.05) is 44.6 Å². The first-order chi connectivity index (χ1) is 12.7. The molecular weight excluding hydrogens is 350 g/mol. The van der Waals surface area contributed by atoms with Crippen LogP contribution in [0.2, 0.25) is 0 Å². The fraction of sp³-hybridized carbons (Fsp3) is 0.389. The molecule has 3 rings (SSSR count). The quantitative estimate of drug-likeness (QED) is 0.783. The highest BCUT2D eigenvalue weighted by Gasteiger charge is 2.21. The second-order valence-corrected chi connectivity index (χ2v) is 6.92. The monoisotopic (exact) mass is 371 g/mol. The Morgan fingerprint density at radius 1 is 1.23 bits per heavy atom. The third-order valence-electron chi connectivity index (χ3n) is 4.29. The third kappa shape index (κ3) is 5.19. The van der Waals surface area contributed by atoms with Gasteiger partial charge in [0.25, 0.3) is 5.91 Å². The number of rotatable bonds is 6. The van der Waals surface area contributed by atoms with Gasteiger partial charge in [0.05, 0.1) is 0 Å². The van der Waals surface area contributed by atoms with Gasteiger partial charge >= 0.3 is 0 Å². The number of nitrogens with zero attached hydrogens (tertiary/aromatic N) is 4. The predicted molar refractivity (Wildman–Crippen MR) is 98.7 cm³/mol. The van der Waals surface area contributed by atoms with Crippen LogP contribution in [0.3, 0.4) is 0 Å². The Morgan fingerprint density at radius 2 is 2.00 bits per heavy atom. The summed E-state index contributed by atoms with van der Waals surface area (Å²) in [6.45, 7) is 1.96. The molecule has 0 atom stereocenters. The Morgan fingerprint density at radius 3 is 2.69 bits per heavy atom. The van der Waals surface area contributed by atoms with Gasteiger partial charge in [-0.05, 0) is 42.4 Å². The van der Waals surface area contributed by atoms with Crippen molar-refractivity contribution in [3.05, 3.63) is 53.1 Å². The average Bonchev–Trinajstić information content (AvgIpc) is 3.22. The van der Waals surface area contributed by atoms with E-state index in [4.69, 9.17) is 0 Å². The molecule has 26 heavy (non-hydrogen) atoms. The number of amides is 2. The standard InChI is InChI=1S/C18H21N5O2S/c24-17(2-1-15-11-19-13-20-12-15)21-7-3-14-5-9-23(10-6-14)18(25)16-4-8-22-26-16/h3-4,8,11-13H,1-2,5-7,9-10H2,(H,21,24). The molecule has 8 heteroatoms. The summed E-state index contributed by atoms with van der Waals surface area (Å²) in [5.41, 5.74) is 2.24. The van der Waals surface area contributed by atoms with Crippen LogP contribution in [0.5, 0.6) is 0 Å². The number of aromatic nitrogens is 3. The minimum atomic E-state index is 0.0171. The smallest absolute Gasteiger partial charge is 0.265 e. The van der Waals surface area contributed by atoms with Crippen molar-refractivity contribution in [1.29, 1.82) is 0 Å². The number of carbonyl (C=O) groups excluding carboxylic acids is 2. The van der Waals surface area contributed by atoms with E-state index < -0.39 is 0 Å². The molecule has 0 aromatic carbocycles. The lowest BCUT2D eigenvalue weighted by Crippen LogP contribution is -2.36. The maximum absolute atomic E-state index is 12.3. The van der Waals surface area contributed by atoms with Crippen molar-refractivity contribution < 1.29 is 9.59 Å². The van der Waals surface area contributed by atoms with Crippen LogP contribution >= 0.6 is 11.5 Å². The molecule has 3 heterocycles. The fourth-order valence-electron chi connectivity index (χ4n) is 2.80. The fourth-order valence-corrected chi connectivity index (χ4v) is 3.36. The molecule has 1 fully saturated rings. The number of piperidine rings is 1. The van der Waals surface area contributed by atoms with Gasteiger partial charge in [-0.1, -0.05) is 11.6 Å². The number of likely N-dealkylation sites (tertiary alicyclic amines) is 1. The van der Waals surface area contributed by atoms with Crippen molar-refractivity contribution in [1.82, 2.24) is 24.6 Å². The van der Waals surface area contributed by atoms with Gasteiger partial charge < -0.3 is 10.2 Å². The van der Waals surface area contributed by atoms with E-state index >= 15 is 0 Å². The Bertz CT molecular complexity index is 751. The second-order valence-electron chi connectivity index (χ2n) is 6.08. The summed E-state index contributed by atoms with van der Waals surface area (Å²) in [6.07, 6.45) is 11.4.